The van der Waals surface area contributed by atoms with Crippen LogP contribution in [0.1, 0.15) is 17.4 Å². The fourth-order valence-electron chi connectivity index (χ4n) is 1.15. The van der Waals surface area contributed by atoms with Gasteiger partial charge in [0.15, 0.2) is 0 Å². The Morgan fingerprint density at radius 3 is 3.00 bits per heavy atom. The van der Waals surface area contributed by atoms with Gasteiger partial charge >= 0.3 is 0 Å². The van der Waals surface area contributed by atoms with Crippen molar-refractivity contribution in [1.82, 2.24) is 19.4 Å². The maximum Gasteiger partial charge on any atom is 0.0983 e. The first-order valence-electron chi connectivity index (χ1n) is 3.79. The molecule has 2 N–H and O–H groups in total. The Morgan fingerprint density at radius 2 is 2.46 bits per heavy atom. The highest BCUT2D eigenvalue weighted by atomic mass is 32.1. The Labute approximate surface area is 79.4 Å². The summed E-state index contributed by atoms with van der Waals surface area (Å²) in [5, 5.41) is 9.80. The molecule has 2 aromatic heterocycles. The Kier molecular flexibility index (Phi) is 2.07. The van der Waals surface area contributed by atoms with Crippen molar-refractivity contribution in [3.63, 3.8) is 0 Å². The van der Waals surface area contributed by atoms with Crippen LogP contribution in [0, 0.1) is 0 Å². The zero-order valence-electron chi connectivity index (χ0n) is 7.08. The summed E-state index contributed by atoms with van der Waals surface area (Å²) in [7, 11) is 1.86. The molecule has 2 aromatic rings. The standard InChI is InChI=1S/C7H9N5S/c1-12-6(2-3-9-12)7(8)5-4-13-11-10-5/h2-4,7H,8H2,1H3. The first kappa shape index (κ1) is 8.33. The number of hydrogen-bond donors (Lipinski definition) is 1. The van der Waals surface area contributed by atoms with E-state index >= 15 is 0 Å². The molecule has 1 atom stereocenters. The van der Waals surface area contributed by atoms with E-state index in [0.717, 1.165) is 11.4 Å². The summed E-state index contributed by atoms with van der Waals surface area (Å²) in [6.07, 6.45) is 1.72. The maximum absolute atomic E-state index is 5.95. The van der Waals surface area contributed by atoms with Crippen LogP contribution >= 0.6 is 11.5 Å². The summed E-state index contributed by atoms with van der Waals surface area (Å²) in [5.74, 6) is 0. The minimum absolute atomic E-state index is 0.230. The fraction of sp³-hybridized carbons (Fsp3) is 0.286. The van der Waals surface area contributed by atoms with Crippen LogP contribution in [0.2, 0.25) is 0 Å². The summed E-state index contributed by atoms with van der Waals surface area (Å²) in [4.78, 5) is 0. The lowest BCUT2D eigenvalue weighted by Crippen LogP contribution is -2.16. The molecule has 0 saturated heterocycles. The smallest absolute Gasteiger partial charge is 0.0983 e. The average molecular weight is 195 g/mol. The van der Waals surface area contributed by atoms with Crippen molar-refractivity contribution in [3.8, 4) is 0 Å². The molecule has 0 amide bonds. The number of nitrogens with zero attached hydrogens (tertiary/aromatic N) is 4. The van der Waals surface area contributed by atoms with E-state index in [0.29, 0.717) is 0 Å². The lowest BCUT2D eigenvalue weighted by Gasteiger charge is -2.07. The second-order valence-corrected chi connectivity index (χ2v) is 3.30. The summed E-state index contributed by atoms with van der Waals surface area (Å²) < 4.78 is 5.50. The van der Waals surface area contributed by atoms with Gasteiger partial charge in [0.25, 0.3) is 0 Å². The molecule has 68 valence electrons. The summed E-state index contributed by atoms with van der Waals surface area (Å²) in [6, 6.07) is 1.65. The summed E-state index contributed by atoms with van der Waals surface area (Å²) in [5.41, 5.74) is 7.67. The van der Waals surface area contributed by atoms with E-state index in [1.54, 1.807) is 10.9 Å². The fourth-order valence-corrected chi connectivity index (χ4v) is 1.64. The van der Waals surface area contributed by atoms with E-state index in [1.807, 2.05) is 18.5 Å². The number of aromatic nitrogens is 4. The summed E-state index contributed by atoms with van der Waals surface area (Å²) in [6.45, 7) is 0. The van der Waals surface area contributed by atoms with E-state index in [4.69, 9.17) is 5.73 Å². The number of rotatable bonds is 2. The van der Waals surface area contributed by atoms with E-state index in [2.05, 4.69) is 14.7 Å². The molecular formula is C7H9N5S. The van der Waals surface area contributed by atoms with Crippen LogP contribution in [0.3, 0.4) is 0 Å². The zero-order chi connectivity index (χ0) is 9.26. The van der Waals surface area contributed by atoms with Crippen molar-refractivity contribution >= 4 is 11.5 Å². The van der Waals surface area contributed by atoms with Gasteiger partial charge in [-0.15, -0.1) is 5.10 Å². The van der Waals surface area contributed by atoms with E-state index in [-0.39, 0.29) is 6.04 Å². The van der Waals surface area contributed by atoms with Crippen molar-refractivity contribution in [2.24, 2.45) is 12.8 Å². The number of nitrogens with two attached hydrogens (primary N) is 1. The highest BCUT2D eigenvalue weighted by Crippen LogP contribution is 2.16. The van der Waals surface area contributed by atoms with E-state index in [1.165, 1.54) is 11.5 Å². The van der Waals surface area contributed by atoms with Gasteiger partial charge in [-0.05, 0) is 17.6 Å². The second kappa shape index (κ2) is 3.23. The monoisotopic (exact) mass is 195 g/mol. The van der Waals surface area contributed by atoms with E-state index < -0.39 is 0 Å². The lowest BCUT2D eigenvalue weighted by atomic mass is 10.2. The average Bonchev–Trinajstić information content (AvgIpc) is 2.72. The molecule has 0 spiro atoms. The van der Waals surface area contributed by atoms with Crippen molar-refractivity contribution in [1.29, 1.82) is 0 Å². The summed E-state index contributed by atoms with van der Waals surface area (Å²) >= 11 is 1.30. The molecule has 0 saturated carbocycles. The van der Waals surface area contributed by atoms with Crippen LogP contribution in [0.25, 0.3) is 0 Å². The normalized spacial score (nSPS) is 13.1. The third-order valence-corrected chi connectivity index (χ3v) is 2.40. The molecule has 0 bridgehead atoms. The van der Waals surface area contributed by atoms with Crippen LogP contribution in [-0.2, 0) is 7.05 Å². The quantitative estimate of drug-likeness (QED) is 0.749. The van der Waals surface area contributed by atoms with Crippen LogP contribution in [0.15, 0.2) is 17.6 Å². The topological polar surface area (TPSA) is 69.6 Å². The number of hydrogen-bond acceptors (Lipinski definition) is 5. The van der Waals surface area contributed by atoms with Crippen LogP contribution in [0.5, 0.6) is 0 Å². The van der Waals surface area contributed by atoms with Gasteiger partial charge in [-0.2, -0.15) is 5.10 Å². The first-order chi connectivity index (χ1) is 6.29. The van der Waals surface area contributed by atoms with Gasteiger partial charge in [0, 0.05) is 18.6 Å². The predicted octanol–water partition coefficient (Wildman–Crippen LogP) is 0.320. The third kappa shape index (κ3) is 1.45. The predicted molar refractivity (Wildman–Crippen MR) is 49.1 cm³/mol. The molecule has 0 aliphatic rings. The van der Waals surface area contributed by atoms with Gasteiger partial charge < -0.3 is 5.73 Å². The van der Waals surface area contributed by atoms with Crippen molar-refractivity contribution in [2.45, 2.75) is 6.04 Å². The Hall–Kier alpha value is -1.27. The Balaban J connectivity index is 2.33. The molecule has 0 aromatic carbocycles. The molecule has 1 unspecified atom stereocenters. The highest BCUT2D eigenvalue weighted by molar-refractivity contribution is 7.03. The lowest BCUT2D eigenvalue weighted by molar-refractivity contribution is 0.662. The minimum atomic E-state index is -0.230. The van der Waals surface area contributed by atoms with Crippen LogP contribution in [0.4, 0.5) is 0 Å². The van der Waals surface area contributed by atoms with Crippen molar-refractivity contribution in [3.05, 3.63) is 29.0 Å². The molecular weight excluding hydrogens is 186 g/mol. The first-order valence-corrected chi connectivity index (χ1v) is 4.63. The second-order valence-electron chi connectivity index (χ2n) is 2.69. The van der Waals surface area contributed by atoms with Gasteiger partial charge in [0.2, 0.25) is 0 Å². The molecule has 5 nitrogen and oxygen atoms in total. The van der Waals surface area contributed by atoms with E-state index in [9.17, 15) is 0 Å². The Bertz CT molecular complexity index is 379. The molecule has 13 heavy (non-hydrogen) atoms. The highest BCUT2D eigenvalue weighted by Gasteiger charge is 2.14. The Morgan fingerprint density at radius 1 is 1.62 bits per heavy atom. The molecule has 2 rings (SSSR count). The van der Waals surface area contributed by atoms with Crippen molar-refractivity contribution in [2.75, 3.05) is 0 Å². The maximum atomic E-state index is 5.95. The van der Waals surface area contributed by atoms with Crippen LogP contribution in [-0.4, -0.2) is 19.4 Å². The van der Waals surface area contributed by atoms with Gasteiger partial charge in [0.1, 0.15) is 0 Å². The van der Waals surface area contributed by atoms with Gasteiger partial charge in [-0.3, -0.25) is 4.68 Å². The zero-order valence-corrected chi connectivity index (χ0v) is 7.90. The van der Waals surface area contributed by atoms with Gasteiger partial charge in [-0.25, -0.2) is 0 Å². The van der Waals surface area contributed by atoms with Gasteiger partial charge in [0.05, 0.1) is 17.4 Å². The molecule has 0 aliphatic carbocycles. The molecule has 0 aliphatic heterocycles. The molecule has 0 fully saturated rings. The van der Waals surface area contributed by atoms with Crippen LogP contribution < -0.4 is 5.73 Å². The minimum Gasteiger partial charge on any atom is -0.318 e. The number of aryl methyl sites for hydroxylation is 1. The molecule has 6 heteroatoms. The third-order valence-electron chi connectivity index (χ3n) is 1.87. The largest absolute Gasteiger partial charge is 0.318 e. The molecule has 0 radical (unpaired) electrons. The van der Waals surface area contributed by atoms with Gasteiger partial charge in [-0.1, -0.05) is 4.49 Å². The molecule has 2 heterocycles. The van der Waals surface area contributed by atoms with Crippen molar-refractivity contribution < 1.29 is 0 Å². The SMILES string of the molecule is Cn1nccc1C(N)c1csnn1.